The lowest BCUT2D eigenvalue weighted by atomic mass is 10.1. The van der Waals surface area contributed by atoms with Crippen molar-refractivity contribution in [3.05, 3.63) is 53.6 Å². The number of benzene rings is 2. The predicted octanol–water partition coefficient (Wildman–Crippen LogP) is 2.63. The smallest absolute Gasteiger partial charge is 0.157 e. The van der Waals surface area contributed by atoms with Crippen LogP contribution in [0, 0.1) is 0 Å². The number of hydrogen-bond donors (Lipinski definition) is 4. The third-order valence-corrected chi connectivity index (χ3v) is 3.09. The van der Waals surface area contributed by atoms with Gasteiger partial charge in [0.2, 0.25) is 0 Å². The van der Waals surface area contributed by atoms with E-state index in [9.17, 15) is 10.2 Å². The monoisotopic (exact) mass is 273 g/mol. The number of anilines is 1. The average molecular weight is 273 g/mol. The Morgan fingerprint density at radius 3 is 2.50 bits per heavy atom. The Morgan fingerprint density at radius 1 is 0.900 bits per heavy atom. The van der Waals surface area contributed by atoms with E-state index in [0.717, 1.165) is 24.1 Å². The quantitative estimate of drug-likeness (QED) is 0.611. The van der Waals surface area contributed by atoms with Crippen molar-refractivity contribution in [3.63, 3.8) is 0 Å². The highest BCUT2D eigenvalue weighted by atomic mass is 16.3. The van der Waals surface area contributed by atoms with Crippen LogP contribution in [-0.4, -0.2) is 21.9 Å². The van der Waals surface area contributed by atoms with Crippen LogP contribution in [0.25, 0.3) is 0 Å². The fraction of sp³-hybridized carbons (Fsp3) is 0.250. The molecule has 0 aliphatic carbocycles. The number of aliphatic hydroxyl groups excluding tert-OH is 1. The van der Waals surface area contributed by atoms with Gasteiger partial charge in [0.25, 0.3) is 0 Å². The molecular weight excluding hydrogens is 254 g/mol. The summed E-state index contributed by atoms with van der Waals surface area (Å²) in [7, 11) is 0. The molecule has 0 saturated carbocycles. The molecule has 0 fully saturated rings. The first-order valence-electron chi connectivity index (χ1n) is 6.63. The molecule has 0 saturated heterocycles. The summed E-state index contributed by atoms with van der Waals surface area (Å²) in [6.45, 7) is 0.766. The number of hydrogen-bond acceptors (Lipinski definition) is 4. The van der Waals surface area contributed by atoms with E-state index >= 15 is 0 Å². The number of rotatable bonds is 6. The van der Waals surface area contributed by atoms with E-state index in [0.29, 0.717) is 6.54 Å². The van der Waals surface area contributed by atoms with Gasteiger partial charge in [0.1, 0.15) is 0 Å². The summed E-state index contributed by atoms with van der Waals surface area (Å²) in [5.41, 5.74) is 3.06. The summed E-state index contributed by atoms with van der Waals surface area (Å²) in [5, 5.41) is 30.8. The van der Waals surface area contributed by atoms with Crippen LogP contribution >= 0.6 is 0 Å². The highest BCUT2D eigenvalue weighted by molar-refractivity contribution is 5.47. The Bertz CT molecular complexity index is 569. The molecule has 4 heteroatoms. The fourth-order valence-electron chi connectivity index (χ4n) is 2.00. The topological polar surface area (TPSA) is 72.7 Å². The van der Waals surface area contributed by atoms with E-state index in [1.807, 2.05) is 18.2 Å². The lowest BCUT2D eigenvalue weighted by Gasteiger charge is -2.09. The highest BCUT2D eigenvalue weighted by Gasteiger charge is 2.01. The largest absolute Gasteiger partial charge is 0.504 e. The van der Waals surface area contributed by atoms with Gasteiger partial charge in [0.05, 0.1) is 0 Å². The van der Waals surface area contributed by atoms with E-state index in [4.69, 9.17) is 5.11 Å². The van der Waals surface area contributed by atoms with Gasteiger partial charge < -0.3 is 20.6 Å². The summed E-state index contributed by atoms with van der Waals surface area (Å²) in [6, 6.07) is 12.8. The van der Waals surface area contributed by atoms with Crippen molar-refractivity contribution in [2.24, 2.45) is 0 Å². The van der Waals surface area contributed by atoms with Crippen LogP contribution in [0.3, 0.4) is 0 Å². The average Bonchev–Trinajstić information content (AvgIpc) is 2.47. The minimum atomic E-state index is -0.111. The molecule has 0 aliphatic rings. The molecule has 0 heterocycles. The lowest BCUT2D eigenvalue weighted by Crippen LogP contribution is -2.00. The Kier molecular flexibility index (Phi) is 4.85. The van der Waals surface area contributed by atoms with E-state index in [2.05, 4.69) is 11.4 Å². The molecule has 2 aromatic rings. The van der Waals surface area contributed by atoms with Crippen molar-refractivity contribution >= 4 is 5.69 Å². The first kappa shape index (κ1) is 14.2. The van der Waals surface area contributed by atoms with Gasteiger partial charge in [0, 0.05) is 18.8 Å². The lowest BCUT2D eigenvalue weighted by molar-refractivity contribution is 0.288. The third-order valence-electron chi connectivity index (χ3n) is 3.09. The molecule has 2 aromatic carbocycles. The van der Waals surface area contributed by atoms with Crippen molar-refractivity contribution in [1.82, 2.24) is 0 Å². The molecule has 0 unspecified atom stereocenters. The van der Waals surface area contributed by atoms with E-state index in [-0.39, 0.29) is 18.1 Å². The number of nitrogens with one attached hydrogen (secondary N) is 1. The second-order valence-corrected chi connectivity index (χ2v) is 4.70. The molecule has 20 heavy (non-hydrogen) atoms. The SMILES string of the molecule is OCCCc1cccc(NCc2ccc(O)c(O)c2)c1. The van der Waals surface area contributed by atoms with Crippen LogP contribution in [0.5, 0.6) is 11.5 Å². The zero-order chi connectivity index (χ0) is 14.4. The predicted molar refractivity (Wildman–Crippen MR) is 78.9 cm³/mol. The maximum Gasteiger partial charge on any atom is 0.157 e. The standard InChI is InChI=1S/C16H19NO3/c18-8-2-4-12-3-1-5-14(9-12)17-11-13-6-7-15(19)16(20)10-13/h1,3,5-7,9-10,17-20H,2,4,8,11H2. The van der Waals surface area contributed by atoms with Crippen LogP contribution < -0.4 is 5.32 Å². The number of aliphatic hydroxyl groups is 1. The van der Waals surface area contributed by atoms with Crippen molar-refractivity contribution in [2.75, 3.05) is 11.9 Å². The summed E-state index contributed by atoms with van der Waals surface area (Å²) in [5.74, 6) is -0.222. The molecule has 0 atom stereocenters. The zero-order valence-electron chi connectivity index (χ0n) is 11.2. The fourth-order valence-corrected chi connectivity index (χ4v) is 2.00. The van der Waals surface area contributed by atoms with Crippen LogP contribution in [0.4, 0.5) is 5.69 Å². The second kappa shape index (κ2) is 6.82. The first-order chi connectivity index (χ1) is 9.69. The summed E-state index contributed by atoms with van der Waals surface area (Å²) >= 11 is 0. The molecule has 4 N–H and O–H groups in total. The van der Waals surface area contributed by atoms with Gasteiger partial charge in [-0.1, -0.05) is 18.2 Å². The number of aromatic hydroxyl groups is 2. The van der Waals surface area contributed by atoms with Crippen molar-refractivity contribution in [1.29, 1.82) is 0 Å². The Morgan fingerprint density at radius 2 is 1.75 bits per heavy atom. The molecule has 106 valence electrons. The zero-order valence-corrected chi connectivity index (χ0v) is 11.2. The normalized spacial score (nSPS) is 10.4. The Labute approximate surface area is 118 Å². The molecular formula is C16H19NO3. The van der Waals surface area contributed by atoms with Crippen molar-refractivity contribution < 1.29 is 15.3 Å². The Balaban J connectivity index is 1.97. The van der Waals surface area contributed by atoms with Crippen molar-refractivity contribution in [2.45, 2.75) is 19.4 Å². The molecule has 0 spiro atoms. The summed E-state index contributed by atoms with van der Waals surface area (Å²) in [6.07, 6.45) is 1.61. The summed E-state index contributed by atoms with van der Waals surface area (Å²) in [4.78, 5) is 0. The minimum absolute atomic E-state index is 0.110. The molecule has 2 rings (SSSR count). The van der Waals surface area contributed by atoms with Gasteiger partial charge in [-0.3, -0.25) is 0 Å². The molecule has 0 bridgehead atoms. The molecule has 0 radical (unpaired) electrons. The maximum atomic E-state index is 9.44. The van der Waals surface area contributed by atoms with E-state index < -0.39 is 0 Å². The second-order valence-electron chi connectivity index (χ2n) is 4.70. The van der Waals surface area contributed by atoms with Gasteiger partial charge in [-0.25, -0.2) is 0 Å². The number of aryl methyl sites for hydroxylation is 1. The first-order valence-corrected chi connectivity index (χ1v) is 6.63. The van der Waals surface area contributed by atoms with Gasteiger partial charge >= 0.3 is 0 Å². The van der Waals surface area contributed by atoms with Crippen LogP contribution in [0.1, 0.15) is 17.5 Å². The molecule has 0 amide bonds. The number of phenols is 2. The minimum Gasteiger partial charge on any atom is -0.504 e. The van der Waals surface area contributed by atoms with Gasteiger partial charge in [-0.15, -0.1) is 0 Å². The van der Waals surface area contributed by atoms with E-state index in [1.54, 1.807) is 6.07 Å². The van der Waals surface area contributed by atoms with Crippen LogP contribution in [-0.2, 0) is 13.0 Å². The van der Waals surface area contributed by atoms with E-state index in [1.165, 1.54) is 17.7 Å². The maximum absolute atomic E-state index is 9.44. The summed E-state index contributed by atoms with van der Waals surface area (Å²) < 4.78 is 0. The molecule has 0 aromatic heterocycles. The third kappa shape index (κ3) is 3.90. The van der Waals surface area contributed by atoms with Gasteiger partial charge in [0.15, 0.2) is 11.5 Å². The Hall–Kier alpha value is -2.20. The van der Waals surface area contributed by atoms with Crippen LogP contribution in [0.15, 0.2) is 42.5 Å². The van der Waals surface area contributed by atoms with Gasteiger partial charge in [-0.2, -0.15) is 0 Å². The van der Waals surface area contributed by atoms with Crippen molar-refractivity contribution in [3.8, 4) is 11.5 Å². The van der Waals surface area contributed by atoms with Gasteiger partial charge in [-0.05, 0) is 48.2 Å². The molecule has 0 aliphatic heterocycles. The molecule has 4 nitrogen and oxygen atoms in total. The highest BCUT2D eigenvalue weighted by Crippen LogP contribution is 2.25. The number of phenolic OH excluding ortho intramolecular Hbond substituents is 2. The van der Waals surface area contributed by atoms with Crippen LogP contribution in [0.2, 0.25) is 0 Å².